The number of nitrogens with zero attached hydrogens (tertiary/aromatic N) is 3. The highest BCUT2D eigenvalue weighted by atomic mass is 35.5. The number of nitrogen functional groups attached to an aromatic ring is 1. The molecule has 6 nitrogen and oxygen atoms in total. The normalized spacial score (nSPS) is 12.0. The van der Waals surface area contributed by atoms with E-state index in [2.05, 4.69) is 15.5 Å². The van der Waals surface area contributed by atoms with E-state index in [1.165, 1.54) is 16.4 Å². The van der Waals surface area contributed by atoms with Crippen LogP contribution in [0.25, 0.3) is 11.4 Å². The average molecular weight is 471 g/mol. The summed E-state index contributed by atoms with van der Waals surface area (Å²) in [7, 11) is 0. The van der Waals surface area contributed by atoms with Crippen molar-refractivity contribution in [1.29, 1.82) is 0 Å². The van der Waals surface area contributed by atoms with Gasteiger partial charge in [0.25, 0.3) is 0 Å². The monoisotopic (exact) mass is 469 g/mol. The molecule has 2 aromatic carbocycles. The molecular formula is C19H18Cl3N5OS. The highest BCUT2D eigenvalue weighted by molar-refractivity contribution is 7.99. The highest BCUT2D eigenvalue weighted by Gasteiger charge is 2.18. The zero-order chi connectivity index (χ0) is 21.0. The van der Waals surface area contributed by atoms with Crippen molar-refractivity contribution in [2.24, 2.45) is 0 Å². The van der Waals surface area contributed by atoms with Gasteiger partial charge in [0.15, 0.2) is 5.82 Å². The minimum Gasteiger partial charge on any atom is -0.349 e. The van der Waals surface area contributed by atoms with E-state index in [1.807, 2.05) is 19.1 Å². The number of hydrogen-bond donors (Lipinski definition) is 2. The van der Waals surface area contributed by atoms with Crippen molar-refractivity contribution in [3.05, 3.63) is 63.1 Å². The maximum absolute atomic E-state index is 12.4. The fourth-order valence-corrected chi connectivity index (χ4v) is 4.00. The summed E-state index contributed by atoms with van der Waals surface area (Å²) in [5, 5.41) is 13.1. The van der Waals surface area contributed by atoms with Gasteiger partial charge < -0.3 is 11.2 Å². The lowest BCUT2D eigenvalue weighted by Crippen LogP contribution is -2.29. The van der Waals surface area contributed by atoms with Gasteiger partial charge in [0, 0.05) is 15.6 Å². The van der Waals surface area contributed by atoms with Gasteiger partial charge in [0.05, 0.1) is 16.8 Å². The molecular weight excluding hydrogens is 453 g/mol. The molecule has 3 rings (SSSR count). The Balaban J connectivity index is 1.64. The largest absolute Gasteiger partial charge is 0.349 e. The predicted molar refractivity (Wildman–Crippen MR) is 119 cm³/mol. The molecule has 0 radical (unpaired) electrons. The van der Waals surface area contributed by atoms with Crippen molar-refractivity contribution in [3.8, 4) is 11.4 Å². The minimum absolute atomic E-state index is 0.0976. The van der Waals surface area contributed by atoms with Gasteiger partial charge >= 0.3 is 0 Å². The number of nitrogens with two attached hydrogens (primary N) is 1. The van der Waals surface area contributed by atoms with Gasteiger partial charge in [-0.05, 0) is 42.3 Å². The van der Waals surface area contributed by atoms with Crippen LogP contribution < -0.4 is 11.2 Å². The molecule has 1 heterocycles. The topological polar surface area (TPSA) is 85.8 Å². The summed E-state index contributed by atoms with van der Waals surface area (Å²) >= 11 is 19.3. The molecule has 1 unspecified atom stereocenters. The number of thioether (sulfide) groups is 1. The van der Waals surface area contributed by atoms with Crippen LogP contribution in [0.2, 0.25) is 15.1 Å². The smallest absolute Gasteiger partial charge is 0.230 e. The fraction of sp³-hybridized carbons (Fsp3) is 0.211. The molecule has 3 N–H and O–H groups in total. The van der Waals surface area contributed by atoms with Crippen molar-refractivity contribution in [1.82, 2.24) is 20.2 Å². The molecule has 3 aromatic rings. The van der Waals surface area contributed by atoms with Gasteiger partial charge in [-0.1, -0.05) is 65.6 Å². The first-order valence-corrected chi connectivity index (χ1v) is 10.8. The van der Waals surface area contributed by atoms with Crippen LogP contribution in [-0.4, -0.2) is 26.5 Å². The first-order valence-electron chi connectivity index (χ1n) is 8.72. The standard InChI is InChI=1S/C19H18Cl3N5OS/c1-2-16(11-3-5-12(20)6-4-11)24-17(28)10-29-19-26-25-18(27(19)23)14-8-7-13(21)9-15(14)22/h3-9,16H,2,10,23H2,1H3,(H,24,28). The van der Waals surface area contributed by atoms with Crippen LogP contribution in [-0.2, 0) is 4.79 Å². The van der Waals surface area contributed by atoms with Crippen LogP contribution in [0.5, 0.6) is 0 Å². The molecule has 1 atom stereocenters. The van der Waals surface area contributed by atoms with Crippen molar-refractivity contribution < 1.29 is 4.79 Å². The lowest BCUT2D eigenvalue weighted by molar-refractivity contribution is -0.119. The lowest BCUT2D eigenvalue weighted by Gasteiger charge is -2.17. The zero-order valence-electron chi connectivity index (χ0n) is 15.4. The molecule has 0 aliphatic carbocycles. The summed E-state index contributed by atoms with van der Waals surface area (Å²) < 4.78 is 1.31. The van der Waals surface area contributed by atoms with Gasteiger partial charge in [-0.25, -0.2) is 4.68 Å². The minimum atomic E-state index is -0.133. The SMILES string of the molecule is CCC(NC(=O)CSc1nnc(-c2ccc(Cl)cc2Cl)n1N)c1ccc(Cl)cc1. The van der Waals surface area contributed by atoms with Gasteiger partial charge in [-0.2, -0.15) is 0 Å². The van der Waals surface area contributed by atoms with E-state index in [-0.39, 0.29) is 17.7 Å². The number of rotatable bonds is 7. The Morgan fingerprint density at radius 3 is 2.48 bits per heavy atom. The van der Waals surface area contributed by atoms with Crippen LogP contribution in [0.3, 0.4) is 0 Å². The highest BCUT2D eigenvalue weighted by Crippen LogP contribution is 2.30. The fourth-order valence-electron chi connectivity index (χ4n) is 2.71. The van der Waals surface area contributed by atoms with Crippen LogP contribution in [0.15, 0.2) is 47.6 Å². The molecule has 0 fully saturated rings. The molecule has 29 heavy (non-hydrogen) atoms. The van der Waals surface area contributed by atoms with Gasteiger partial charge in [0.2, 0.25) is 11.1 Å². The van der Waals surface area contributed by atoms with E-state index in [4.69, 9.17) is 40.6 Å². The number of nitrogens with one attached hydrogen (secondary N) is 1. The molecule has 152 valence electrons. The molecule has 0 aliphatic heterocycles. The Labute approximate surface area is 187 Å². The summed E-state index contributed by atoms with van der Waals surface area (Å²) in [6.07, 6.45) is 0.754. The first-order chi connectivity index (χ1) is 13.9. The van der Waals surface area contributed by atoms with Crippen LogP contribution in [0.4, 0.5) is 0 Å². The molecule has 0 bridgehead atoms. The third kappa shape index (κ3) is 5.36. The number of carbonyl (C=O) groups excluding carboxylic acids is 1. The number of aromatic nitrogens is 3. The molecule has 0 saturated heterocycles. The second kappa shape index (κ2) is 9.71. The average Bonchev–Trinajstić information content (AvgIpc) is 3.05. The third-order valence-electron chi connectivity index (χ3n) is 4.18. The molecule has 1 aromatic heterocycles. The van der Waals surface area contributed by atoms with Crippen molar-refractivity contribution >= 4 is 52.5 Å². The number of benzene rings is 2. The van der Waals surface area contributed by atoms with Crippen molar-refractivity contribution in [3.63, 3.8) is 0 Å². The van der Waals surface area contributed by atoms with E-state index in [0.29, 0.717) is 31.6 Å². The Morgan fingerprint density at radius 1 is 1.14 bits per heavy atom. The Morgan fingerprint density at radius 2 is 1.83 bits per heavy atom. The quantitative estimate of drug-likeness (QED) is 0.376. The number of carbonyl (C=O) groups is 1. The molecule has 0 saturated carbocycles. The van der Waals surface area contributed by atoms with Gasteiger partial charge in [-0.3, -0.25) is 4.79 Å². The zero-order valence-corrected chi connectivity index (χ0v) is 18.5. The Hall–Kier alpha value is -1.93. The Bertz CT molecular complexity index is 1010. The third-order valence-corrected chi connectivity index (χ3v) is 5.93. The second-order valence-electron chi connectivity index (χ2n) is 6.17. The van der Waals surface area contributed by atoms with Crippen LogP contribution >= 0.6 is 46.6 Å². The summed E-state index contributed by atoms with van der Waals surface area (Å²) in [5.74, 6) is 6.50. The second-order valence-corrected chi connectivity index (χ2v) is 8.39. The van der Waals surface area contributed by atoms with E-state index < -0.39 is 0 Å². The summed E-state index contributed by atoms with van der Waals surface area (Å²) in [5.41, 5.74) is 1.60. The Kier molecular flexibility index (Phi) is 7.29. The maximum Gasteiger partial charge on any atom is 0.230 e. The number of hydrogen-bond acceptors (Lipinski definition) is 5. The van der Waals surface area contributed by atoms with Gasteiger partial charge in [0.1, 0.15) is 0 Å². The van der Waals surface area contributed by atoms with Crippen LogP contribution in [0.1, 0.15) is 24.9 Å². The first kappa shape index (κ1) is 21.8. The van der Waals surface area contributed by atoms with E-state index >= 15 is 0 Å². The van der Waals surface area contributed by atoms with E-state index in [0.717, 1.165) is 12.0 Å². The molecule has 0 spiro atoms. The van der Waals surface area contributed by atoms with E-state index in [1.54, 1.807) is 30.3 Å². The number of halogens is 3. The predicted octanol–water partition coefficient (Wildman–Crippen LogP) is 4.98. The lowest BCUT2D eigenvalue weighted by atomic mass is 10.0. The number of amides is 1. The molecule has 1 amide bonds. The van der Waals surface area contributed by atoms with Crippen LogP contribution in [0, 0.1) is 0 Å². The summed E-state index contributed by atoms with van der Waals surface area (Å²) in [6.45, 7) is 2.01. The molecule has 0 aliphatic rings. The summed E-state index contributed by atoms with van der Waals surface area (Å²) in [4.78, 5) is 12.4. The van der Waals surface area contributed by atoms with Crippen molar-refractivity contribution in [2.45, 2.75) is 24.5 Å². The molecule has 10 heteroatoms. The maximum atomic E-state index is 12.4. The van der Waals surface area contributed by atoms with Crippen molar-refractivity contribution in [2.75, 3.05) is 11.6 Å². The van der Waals surface area contributed by atoms with Gasteiger partial charge in [-0.15, -0.1) is 10.2 Å². The van der Waals surface area contributed by atoms with E-state index in [9.17, 15) is 4.79 Å². The summed E-state index contributed by atoms with van der Waals surface area (Å²) in [6, 6.07) is 12.3.